The molecule has 102 valence electrons. The molecule has 2 atom stereocenters. The number of piperidine rings is 2. The fourth-order valence-corrected chi connectivity index (χ4v) is 3.99. The quantitative estimate of drug-likeness (QED) is 0.767. The van der Waals surface area contributed by atoms with Gasteiger partial charge in [0.05, 0.1) is 6.10 Å². The van der Waals surface area contributed by atoms with E-state index in [4.69, 9.17) is 0 Å². The van der Waals surface area contributed by atoms with Gasteiger partial charge in [0.25, 0.3) is 0 Å². The van der Waals surface area contributed by atoms with Crippen molar-refractivity contribution in [2.45, 2.75) is 63.1 Å². The molecule has 3 rings (SSSR count). The highest BCUT2D eigenvalue weighted by molar-refractivity contribution is 5.77. The Bertz CT molecular complexity index is 301. The predicted molar refractivity (Wildman–Crippen MR) is 69.1 cm³/mol. The second-order valence-corrected chi connectivity index (χ2v) is 6.21. The Kier molecular flexibility index (Phi) is 3.57. The van der Waals surface area contributed by atoms with Gasteiger partial charge in [-0.05, 0) is 57.5 Å². The fourth-order valence-electron chi connectivity index (χ4n) is 3.99. The van der Waals surface area contributed by atoms with Gasteiger partial charge < -0.3 is 15.3 Å². The van der Waals surface area contributed by atoms with Gasteiger partial charge in [0.1, 0.15) is 0 Å². The van der Waals surface area contributed by atoms with Crippen LogP contribution in [0.1, 0.15) is 44.9 Å². The SMILES string of the molecule is O=C(CC1CCNCC1)N1C2CCC1CC(O)C2. The molecule has 0 aromatic carbocycles. The van der Waals surface area contributed by atoms with Crippen LogP contribution in [0.5, 0.6) is 0 Å². The Labute approximate surface area is 109 Å². The lowest BCUT2D eigenvalue weighted by molar-refractivity contribution is -0.138. The molecule has 3 aliphatic heterocycles. The van der Waals surface area contributed by atoms with E-state index in [0.717, 1.165) is 58.0 Å². The summed E-state index contributed by atoms with van der Waals surface area (Å²) in [5, 5.41) is 13.1. The fraction of sp³-hybridized carbons (Fsp3) is 0.929. The number of hydrogen-bond donors (Lipinski definition) is 2. The maximum Gasteiger partial charge on any atom is 0.223 e. The van der Waals surface area contributed by atoms with Crippen LogP contribution in [-0.4, -0.2) is 47.2 Å². The van der Waals surface area contributed by atoms with Crippen molar-refractivity contribution in [2.75, 3.05) is 13.1 Å². The standard InChI is InChI=1S/C14H24N2O2/c17-13-8-11-1-2-12(9-13)16(11)14(18)7-10-3-5-15-6-4-10/h10-13,15,17H,1-9H2. The average molecular weight is 252 g/mol. The maximum absolute atomic E-state index is 12.5. The first-order valence-electron chi connectivity index (χ1n) is 7.44. The van der Waals surface area contributed by atoms with Crippen LogP contribution in [0, 0.1) is 5.92 Å². The lowest BCUT2D eigenvalue weighted by Gasteiger charge is -2.38. The second-order valence-electron chi connectivity index (χ2n) is 6.21. The number of carbonyl (C=O) groups excluding carboxylic acids is 1. The van der Waals surface area contributed by atoms with Crippen molar-refractivity contribution in [2.24, 2.45) is 5.92 Å². The minimum Gasteiger partial charge on any atom is -0.393 e. The van der Waals surface area contributed by atoms with Crippen LogP contribution in [-0.2, 0) is 4.79 Å². The summed E-state index contributed by atoms with van der Waals surface area (Å²) in [6.45, 7) is 2.12. The monoisotopic (exact) mass is 252 g/mol. The zero-order valence-corrected chi connectivity index (χ0v) is 11.0. The van der Waals surface area contributed by atoms with Gasteiger partial charge in [-0.2, -0.15) is 0 Å². The average Bonchev–Trinajstić information content (AvgIpc) is 2.63. The minimum absolute atomic E-state index is 0.176. The Morgan fingerprint density at radius 2 is 1.72 bits per heavy atom. The van der Waals surface area contributed by atoms with Gasteiger partial charge in [0, 0.05) is 18.5 Å². The van der Waals surface area contributed by atoms with Crippen LogP contribution in [0.3, 0.4) is 0 Å². The molecule has 0 spiro atoms. The number of nitrogens with one attached hydrogen (secondary N) is 1. The molecule has 4 nitrogen and oxygen atoms in total. The van der Waals surface area contributed by atoms with Gasteiger partial charge in [-0.15, -0.1) is 0 Å². The second kappa shape index (κ2) is 5.17. The predicted octanol–water partition coefficient (Wildman–Crippen LogP) is 0.890. The van der Waals surface area contributed by atoms with Crippen LogP contribution in [0.25, 0.3) is 0 Å². The number of hydrogen-bond acceptors (Lipinski definition) is 3. The van der Waals surface area contributed by atoms with Crippen molar-refractivity contribution in [1.82, 2.24) is 10.2 Å². The molecule has 2 bridgehead atoms. The summed E-state index contributed by atoms with van der Waals surface area (Å²) in [7, 11) is 0. The normalized spacial score (nSPS) is 36.9. The third kappa shape index (κ3) is 2.41. The summed E-state index contributed by atoms with van der Waals surface area (Å²) in [6, 6.07) is 0.654. The number of fused-ring (bicyclic) bond motifs is 2. The number of aliphatic hydroxyl groups excluding tert-OH is 1. The third-order valence-corrected chi connectivity index (χ3v) is 4.92. The smallest absolute Gasteiger partial charge is 0.223 e. The molecule has 3 heterocycles. The first kappa shape index (κ1) is 12.4. The molecule has 0 aromatic heterocycles. The van der Waals surface area contributed by atoms with E-state index in [-0.39, 0.29) is 6.10 Å². The molecule has 0 aliphatic carbocycles. The Balaban J connectivity index is 1.59. The first-order valence-corrected chi connectivity index (χ1v) is 7.44. The van der Waals surface area contributed by atoms with Crippen molar-refractivity contribution in [3.8, 4) is 0 Å². The van der Waals surface area contributed by atoms with Crippen LogP contribution in [0.2, 0.25) is 0 Å². The molecule has 3 saturated heterocycles. The van der Waals surface area contributed by atoms with Crippen molar-refractivity contribution in [3.63, 3.8) is 0 Å². The molecule has 3 aliphatic rings. The van der Waals surface area contributed by atoms with E-state index in [9.17, 15) is 9.90 Å². The number of aliphatic hydroxyl groups is 1. The van der Waals surface area contributed by atoms with Gasteiger partial charge in [-0.3, -0.25) is 4.79 Å². The number of amides is 1. The molecule has 2 unspecified atom stereocenters. The Morgan fingerprint density at radius 1 is 1.11 bits per heavy atom. The van der Waals surface area contributed by atoms with Gasteiger partial charge in [-0.1, -0.05) is 0 Å². The molecule has 2 N–H and O–H groups in total. The van der Waals surface area contributed by atoms with Crippen LogP contribution >= 0.6 is 0 Å². The lowest BCUT2D eigenvalue weighted by atomic mass is 9.92. The summed E-state index contributed by atoms with van der Waals surface area (Å²) in [6.07, 6.45) is 6.62. The summed E-state index contributed by atoms with van der Waals surface area (Å²) in [5.74, 6) is 0.923. The van der Waals surface area contributed by atoms with Gasteiger partial charge in [0.2, 0.25) is 5.91 Å². The molecule has 3 fully saturated rings. The molecule has 0 radical (unpaired) electrons. The van der Waals surface area contributed by atoms with E-state index >= 15 is 0 Å². The molecule has 0 aromatic rings. The zero-order valence-electron chi connectivity index (χ0n) is 11.0. The van der Waals surface area contributed by atoms with Crippen LogP contribution in [0.15, 0.2) is 0 Å². The molecule has 1 amide bonds. The zero-order chi connectivity index (χ0) is 12.5. The van der Waals surface area contributed by atoms with Crippen molar-refractivity contribution < 1.29 is 9.90 Å². The minimum atomic E-state index is -0.176. The maximum atomic E-state index is 12.5. The Hall–Kier alpha value is -0.610. The number of carbonyl (C=O) groups is 1. The van der Waals surface area contributed by atoms with E-state index in [0.29, 0.717) is 23.9 Å². The van der Waals surface area contributed by atoms with Crippen LogP contribution in [0.4, 0.5) is 0 Å². The molecule has 4 heteroatoms. The van der Waals surface area contributed by atoms with Crippen molar-refractivity contribution in [1.29, 1.82) is 0 Å². The number of nitrogens with zero attached hydrogens (tertiary/aromatic N) is 1. The molecule has 0 saturated carbocycles. The molecule has 18 heavy (non-hydrogen) atoms. The first-order chi connectivity index (χ1) is 8.74. The lowest BCUT2D eigenvalue weighted by Crippen LogP contribution is -2.48. The largest absolute Gasteiger partial charge is 0.393 e. The van der Waals surface area contributed by atoms with Gasteiger partial charge in [0.15, 0.2) is 0 Å². The highest BCUT2D eigenvalue weighted by Gasteiger charge is 2.42. The highest BCUT2D eigenvalue weighted by atomic mass is 16.3. The molecular weight excluding hydrogens is 228 g/mol. The van der Waals surface area contributed by atoms with E-state index in [1.165, 1.54) is 0 Å². The van der Waals surface area contributed by atoms with E-state index in [1.54, 1.807) is 0 Å². The summed E-state index contributed by atoms with van der Waals surface area (Å²) in [5.41, 5.74) is 0. The summed E-state index contributed by atoms with van der Waals surface area (Å²) >= 11 is 0. The number of rotatable bonds is 2. The topological polar surface area (TPSA) is 52.6 Å². The van der Waals surface area contributed by atoms with Crippen molar-refractivity contribution in [3.05, 3.63) is 0 Å². The van der Waals surface area contributed by atoms with Gasteiger partial charge in [-0.25, -0.2) is 0 Å². The third-order valence-electron chi connectivity index (χ3n) is 4.92. The summed E-state index contributed by atoms with van der Waals surface area (Å²) < 4.78 is 0. The highest BCUT2D eigenvalue weighted by Crippen LogP contribution is 2.36. The van der Waals surface area contributed by atoms with E-state index in [1.807, 2.05) is 0 Å². The Morgan fingerprint density at radius 3 is 2.33 bits per heavy atom. The van der Waals surface area contributed by atoms with Crippen LogP contribution < -0.4 is 5.32 Å². The van der Waals surface area contributed by atoms with E-state index in [2.05, 4.69) is 10.2 Å². The summed E-state index contributed by atoms with van der Waals surface area (Å²) in [4.78, 5) is 14.6. The van der Waals surface area contributed by atoms with Crippen molar-refractivity contribution >= 4 is 5.91 Å². The van der Waals surface area contributed by atoms with Gasteiger partial charge >= 0.3 is 0 Å². The molecular formula is C14H24N2O2. The van der Waals surface area contributed by atoms with E-state index < -0.39 is 0 Å².